The van der Waals surface area contributed by atoms with Crippen LogP contribution in [0.15, 0.2) is 59.0 Å². The van der Waals surface area contributed by atoms with E-state index in [2.05, 4.69) is 15.5 Å². The van der Waals surface area contributed by atoms with Gasteiger partial charge in [-0.2, -0.15) is 10.4 Å². The van der Waals surface area contributed by atoms with E-state index in [4.69, 9.17) is 11.6 Å². The lowest BCUT2D eigenvalue weighted by Crippen LogP contribution is -2.02. The number of nitrogens with zero attached hydrogens (tertiary/aromatic N) is 3. The molecule has 0 bridgehead atoms. The van der Waals surface area contributed by atoms with Crippen LogP contribution in [0.2, 0.25) is 5.02 Å². The predicted octanol–water partition coefficient (Wildman–Crippen LogP) is 4.94. The molecule has 3 aromatic rings. The smallest absolute Gasteiger partial charge is 0.196 e. The summed E-state index contributed by atoms with van der Waals surface area (Å²) in [7, 11) is 0. The van der Waals surface area contributed by atoms with E-state index in [9.17, 15) is 9.65 Å². The van der Waals surface area contributed by atoms with Gasteiger partial charge in [-0.25, -0.2) is 9.37 Å². The van der Waals surface area contributed by atoms with E-state index in [1.54, 1.807) is 24.3 Å². The summed E-state index contributed by atoms with van der Waals surface area (Å²) in [6.07, 6.45) is 0. The van der Waals surface area contributed by atoms with Crippen molar-refractivity contribution in [3.63, 3.8) is 0 Å². The number of para-hydroxylation sites is 1. The van der Waals surface area contributed by atoms with Gasteiger partial charge < -0.3 is 0 Å². The Kier molecular flexibility index (Phi) is 4.85. The minimum Gasteiger partial charge on any atom is -0.274 e. The Morgan fingerprint density at radius 1 is 1.21 bits per heavy atom. The molecule has 1 N–H and O–H groups in total. The van der Waals surface area contributed by atoms with Crippen LogP contribution in [0.1, 0.15) is 5.01 Å². The minimum atomic E-state index is -0.445. The van der Waals surface area contributed by atoms with Crippen LogP contribution in [0.25, 0.3) is 11.3 Å². The van der Waals surface area contributed by atoms with Crippen LogP contribution in [0.5, 0.6) is 0 Å². The maximum absolute atomic E-state index is 13.6. The Morgan fingerprint density at radius 3 is 2.67 bits per heavy atom. The number of hydrogen-bond donors (Lipinski definition) is 1. The second kappa shape index (κ2) is 7.21. The maximum atomic E-state index is 13.6. The first-order valence-electron chi connectivity index (χ1n) is 6.87. The van der Waals surface area contributed by atoms with Gasteiger partial charge in [-0.15, -0.1) is 11.3 Å². The van der Waals surface area contributed by atoms with Gasteiger partial charge in [0, 0.05) is 16.0 Å². The average molecular weight is 357 g/mol. The SMILES string of the molecule is N#C/C(=N/Nc1ccccc1F)c1nc(-c2ccc(Cl)cc2)cs1. The van der Waals surface area contributed by atoms with Crippen molar-refractivity contribution in [2.75, 3.05) is 5.43 Å². The van der Waals surface area contributed by atoms with Gasteiger partial charge in [0.15, 0.2) is 10.7 Å². The maximum Gasteiger partial charge on any atom is 0.196 e. The fourth-order valence-electron chi connectivity index (χ4n) is 1.92. The fraction of sp³-hybridized carbons (Fsp3) is 0. The summed E-state index contributed by atoms with van der Waals surface area (Å²) in [4.78, 5) is 4.40. The Bertz CT molecular complexity index is 928. The third kappa shape index (κ3) is 3.59. The van der Waals surface area contributed by atoms with Crippen LogP contribution < -0.4 is 5.43 Å². The van der Waals surface area contributed by atoms with Crippen LogP contribution >= 0.6 is 22.9 Å². The standard InChI is InChI=1S/C17H10ClFN4S/c18-12-7-5-11(6-8-12)16-10-24-17(21-16)15(9-20)23-22-14-4-2-1-3-13(14)19/h1-8,10,22H/b23-15-. The lowest BCUT2D eigenvalue weighted by atomic mass is 10.2. The molecule has 7 heteroatoms. The number of rotatable bonds is 4. The van der Waals surface area contributed by atoms with Gasteiger partial charge in [0.25, 0.3) is 0 Å². The van der Waals surface area contributed by atoms with Crippen LogP contribution in [0, 0.1) is 17.1 Å². The molecule has 0 saturated heterocycles. The lowest BCUT2D eigenvalue weighted by molar-refractivity contribution is 0.630. The predicted molar refractivity (Wildman–Crippen MR) is 94.7 cm³/mol. The lowest BCUT2D eigenvalue weighted by Gasteiger charge is -2.01. The molecule has 0 radical (unpaired) electrons. The van der Waals surface area contributed by atoms with E-state index < -0.39 is 5.82 Å². The molecule has 0 saturated carbocycles. The topological polar surface area (TPSA) is 61.1 Å². The Labute approximate surface area is 146 Å². The first-order valence-corrected chi connectivity index (χ1v) is 8.13. The molecule has 0 aliphatic rings. The summed E-state index contributed by atoms with van der Waals surface area (Å²) in [5.74, 6) is -0.445. The summed E-state index contributed by atoms with van der Waals surface area (Å²) in [5, 5.41) is 16.2. The van der Waals surface area contributed by atoms with E-state index in [1.807, 2.05) is 23.6 Å². The second-order valence-electron chi connectivity index (χ2n) is 4.71. The summed E-state index contributed by atoms with van der Waals surface area (Å²) in [6, 6.07) is 15.3. The normalized spacial score (nSPS) is 11.1. The molecule has 1 heterocycles. The number of aromatic nitrogens is 1. The van der Waals surface area contributed by atoms with E-state index in [0.29, 0.717) is 10.0 Å². The van der Waals surface area contributed by atoms with Gasteiger partial charge in [0.05, 0.1) is 11.4 Å². The quantitative estimate of drug-likeness (QED) is 0.532. The van der Waals surface area contributed by atoms with Gasteiger partial charge in [0.1, 0.15) is 11.9 Å². The molecular formula is C17H10ClFN4S. The van der Waals surface area contributed by atoms with Gasteiger partial charge in [-0.1, -0.05) is 35.9 Å². The number of benzene rings is 2. The molecule has 118 valence electrons. The molecule has 3 rings (SSSR count). The summed E-state index contributed by atoms with van der Waals surface area (Å²) < 4.78 is 13.6. The molecule has 4 nitrogen and oxygen atoms in total. The number of nitrogens with one attached hydrogen (secondary N) is 1. The molecule has 0 atom stereocenters. The Hall–Kier alpha value is -2.75. The van der Waals surface area contributed by atoms with Crippen molar-refractivity contribution in [3.8, 4) is 17.3 Å². The van der Waals surface area contributed by atoms with Crippen LogP contribution in [-0.2, 0) is 0 Å². The Morgan fingerprint density at radius 2 is 1.96 bits per heavy atom. The highest BCUT2D eigenvalue weighted by molar-refractivity contribution is 7.12. The molecule has 0 fully saturated rings. The first kappa shape index (κ1) is 16.1. The van der Waals surface area contributed by atoms with Gasteiger partial charge in [-0.3, -0.25) is 5.43 Å². The number of thiazole rings is 1. The average Bonchev–Trinajstić information content (AvgIpc) is 3.07. The van der Waals surface area contributed by atoms with Crippen molar-refractivity contribution in [3.05, 3.63) is 69.8 Å². The van der Waals surface area contributed by atoms with E-state index in [-0.39, 0.29) is 11.4 Å². The molecule has 0 aliphatic carbocycles. The zero-order valence-electron chi connectivity index (χ0n) is 12.2. The zero-order valence-corrected chi connectivity index (χ0v) is 13.8. The van der Waals surface area contributed by atoms with E-state index >= 15 is 0 Å². The molecular weight excluding hydrogens is 347 g/mol. The van der Waals surface area contributed by atoms with Crippen molar-refractivity contribution in [1.82, 2.24) is 4.98 Å². The third-order valence-corrected chi connectivity index (χ3v) is 4.22. The van der Waals surface area contributed by atoms with Crippen LogP contribution in [0.3, 0.4) is 0 Å². The largest absolute Gasteiger partial charge is 0.274 e. The second-order valence-corrected chi connectivity index (χ2v) is 6.00. The van der Waals surface area contributed by atoms with Crippen molar-refractivity contribution in [2.24, 2.45) is 5.10 Å². The van der Waals surface area contributed by atoms with Crippen molar-refractivity contribution in [2.45, 2.75) is 0 Å². The first-order chi connectivity index (χ1) is 11.7. The summed E-state index contributed by atoms with van der Waals surface area (Å²) in [5.41, 5.74) is 4.45. The number of hydrogen-bond acceptors (Lipinski definition) is 5. The van der Waals surface area contributed by atoms with Crippen LogP contribution in [-0.4, -0.2) is 10.7 Å². The fourth-order valence-corrected chi connectivity index (χ4v) is 2.82. The minimum absolute atomic E-state index is 0.0865. The van der Waals surface area contributed by atoms with Gasteiger partial charge >= 0.3 is 0 Å². The van der Waals surface area contributed by atoms with Gasteiger partial charge in [0.2, 0.25) is 0 Å². The van der Waals surface area contributed by atoms with E-state index in [0.717, 1.165) is 11.3 Å². The molecule has 0 unspecified atom stereocenters. The molecule has 2 aromatic carbocycles. The molecule has 0 aliphatic heterocycles. The van der Waals surface area contributed by atoms with E-state index in [1.165, 1.54) is 23.5 Å². The highest BCUT2D eigenvalue weighted by atomic mass is 35.5. The highest BCUT2D eigenvalue weighted by Gasteiger charge is 2.11. The number of anilines is 1. The van der Waals surface area contributed by atoms with Crippen LogP contribution in [0.4, 0.5) is 10.1 Å². The molecule has 0 amide bonds. The Balaban J connectivity index is 1.84. The number of nitriles is 1. The molecule has 1 aromatic heterocycles. The van der Waals surface area contributed by atoms with Crippen molar-refractivity contribution < 1.29 is 4.39 Å². The number of halogens is 2. The van der Waals surface area contributed by atoms with Crippen molar-refractivity contribution >= 4 is 34.3 Å². The monoisotopic (exact) mass is 356 g/mol. The zero-order chi connectivity index (χ0) is 16.9. The highest BCUT2D eigenvalue weighted by Crippen LogP contribution is 2.24. The molecule has 24 heavy (non-hydrogen) atoms. The number of hydrazone groups is 1. The van der Waals surface area contributed by atoms with Gasteiger partial charge in [-0.05, 0) is 24.3 Å². The molecule has 0 spiro atoms. The summed E-state index contributed by atoms with van der Waals surface area (Å²) >= 11 is 7.16. The summed E-state index contributed by atoms with van der Waals surface area (Å²) in [6.45, 7) is 0. The van der Waals surface area contributed by atoms with Crippen molar-refractivity contribution in [1.29, 1.82) is 5.26 Å². The third-order valence-electron chi connectivity index (χ3n) is 3.11.